The Balaban J connectivity index is 1.40. The summed E-state index contributed by atoms with van der Waals surface area (Å²) in [5.41, 5.74) is 0.744. The van der Waals surface area contributed by atoms with Gasteiger partial charge in [0.25, 0.3) is 5.91 Å². The highest BCUT2D eigenvalue weighted by Crippen LogP contribution is 2.38. The number of nitrogens with one attached hydrogen (secondary N) is 1. The van der Waals surface area contributed by atoms with Crippen molar-refractivity contribution in [1.82, 2.24) is 19.5 Å². The number of benzene rings is 1. The van der Waals surface area contributed by atoms with Gasteiger partial charge in [0.05, 0.1) is 35.8 Å². The first kappa shape index (κ1) is 21.0. The van der Waals surface area contributed by atoms with Gasteiger partial charge in [0.1, 0.15) is 5.52 Å². The summed E-state index contributed by atoms with van der Waals surface area (Å²) in [6.07, 6.45) is -2.85. The standard InChI is InChI=1S/C21H19ClF3N5O2/c1-12(13-3-2-4-15(5-13)21(23,24)25)26-17-16-6-14(7-30(16)28-19(22)27-17)18(31)29-8-20(9-29)10-32-11-20/h2-7,12H,8-11H2,1H3,(H,26,27,28)/t12-/m1/s1. The van der Waals surface area contributed by atoms with Crippen LogP contribution in [0.15, 0.2) is 36.5 Å². The van der Waals surface area contributed by atoms with Crippen LogP contribution in [0.1, 0.15) is 34.5 Å². The lowest BCUT2D eigenvalue weighted by molar-refractivity contribution is -0.176. The second kappa shape index (κ2) is 7.35. The van der Waals surface area contributed by atoms with Gasteiger partial charge in [-0.3, -0.25) is 4.79 Å². The minimum absolute atomic E-state index is 0.0552. The number of halogens is 4. The fourth-order valence-electron chi connectivity index (χ4n) is 4.13. The zero-order chi connectivity index (χ0) is 22.7. The van der Waals surface area contributed by atoms with Gasteiger partial charge in [0.15, 0.2) is 5.82 Å². The van der Waals surface area contributed by atoms with E-state index in [1.54, 1.807) is 30.2 Å². The third-order valence-electron chi connectivity index (χ3n) is 5.91. The second-order valence-electron chi connectivity index (χ2n) is 8.43. The van der Waals surface area contributed by atoms with Gasteiger partial charge >= 0.3 is 6.18 Å². The van der Waals surface area contributed by atoms with Crippen LogP contribution < -0.4 is 5.32 Å². The van der Waals surface area contributed by atoms with E-state index in [0.717, 1.165) is 12.1 Å². The molecule has 168 valence electrons. The van der Waals surface area contributed by atoms with Crippen molar-refractivity contribution < 1.29 is 22.7 Å². The Morgan fingerprint density at radius 3 is 2.69 bits per heavy atom. The lowest BCUT2D eigenvalue weighted by Crippen LogP contribution is -2.67. The number of nitrogens with zero attached hydrogens (tertiary/aromatic N) is 4. The van der Waals surface area contributed by atoms with Crippen molar-refractivity contribution in [3.05, 3.63) is 58.5 Å². The molecule has 32 heavy (non-hydrogen) atoms. The summed E-state index contributed by atoms with van der Waals surface area (Å²) in [7, 11) is 0. The molecular formula is C21H19ClF3N5O2. The molecule has 1 atom stereocenters. The molecule has 0 bridgehead atoms. The number of likely N-dealkylation sites (tertiary alicyclic amines) is 1. The molecule has 2 saturated heterocycles. The zero-order valence-electron chi connectivity index (χ0n) is 17.0. The molecule has 5 rings (SSSR count). The van der Waals surface area contributed by atoms with Gasteiger partial charge in [-0.25, -0.2) is 4.52 Å². The van der Waals surface area contributed by atoms with E-state index in [9.17, 15) is 18.0 Å². The summed E-state index contributed by atoms with van der Waals surface area (Å²) in [6, 6.07) is 6.23. The summed E-state index contributed by atoms with van der Waals surface area (Å²) in [4.78, 5) is 18.8. The normalized spacial score (nSPS) is 18.3. The molecule has 0 aliphatic carbocycles. The first-order valence-electron chi connectivity index (χ1n) is 10.0. The van der Waals surface area contributed by atoms with Crippen LogP contribution in [0.3, 0.4) is 0 Å². The number of alkyl halides is 3. The van der Waals surface area contributed by atoms with E-state index in [1.807, 2.05) is 0 Å². The van der Waals surface area contributed by atoms with Crippen molar-refractivity contribution in [2.45, 2.75) is 19.1 Å². The number of aromatic nitrogens is 3. The molecule has 0 unspecified atom stereocenters. The average Bonchev–Trinajstić information content (AvgIpc) is 3.09. The Kier molecular flexibility index (Phi) is 4.82. The fraction of sp³-hybridized carbons (Fsp3) is 0.381. The number of rotatable bonds is 4. The molecule has 2 fully saturated rings. The maximum absolute atomic E-state index is 13.1. The van der Waals surface area contributed by atoms with Crippen LogP contribution in [0.5, 0.6) is 0 Å². The number of hydrogen-bond acceptors (Lipinski definition) is 5. The maximum Gasteiger partial charge on any atom is 0.416 e. The van der Waals surface area contributed by atoms with Gasteiger partial charge in [-0.2, -0.15) is 18.2 Å². The van der Waals surface area contributed by atoms with Gasteiger partial charge < -0.3 is 15.0 Å². The monoisotopic (exact) mass is 465 g/mol. The molecule has 2 aliphatic rings. The SMILES string of the molecule is C[C@@H](Nc1nc(Cl)nn2cc(C(=O)N3CC4(COC4)C3)cc12)c1cccc(C(F)(F)F)c1. The van der Waals surface area contributed by atoms with Crippen LogP contribution in [0, 0.1) is 5.41 Å². The number of carbonyl (C=O) groups excluding carboxylic acids is 1. The molecule has 0 radical (unpaired) electrons. The minimum Gasteiger partial charge on any atom is -0.380 e. The zero-order valence-corrected chi connectivity index (χ0v) is 17.7. The molecule has 1 N–H and O–H groups in total. The molecular weight excluding hydrogens is 447 g/mol. The molecule has 11 heteroatoms. The van der Waals surface area contributed by atoms with Gasteiger partial charge in [0.2, 0.25) is 5.28 Å². The predicted molar refractivity (Wildman–Crippen MR) is 111 cm³/mol. The van der Waals surface area contributed by atoms with E-state index in [-0.39, 0.29) is 16.6 Å². The molecule has 7 nitrogen and oxygen atoms in total. The van der Waals surface area contributed by atoms with Crippen LogP contribution in [-0.4, -0.2) is 51.7 Å². The highest BCUT2D eigenvalue weighted by atomic mass is 35.5. The van der Waals surface area contributed by atoms with E-state index in [2.05, 4.69) is 15.4 Å². The van der Waals surface area contributed by atoms with E-state index in [1.165, 1.54) is 10.6 Å². The predicted octanol–water partition coefficient (Wildman–Crippen LogP) is 4.05. The number of carbonyl (C=O) groups is 1. The molecule has 1 aromatic carbocycles. The van der Waals surface area contributed by atoms with E-state index in [0.29, 0.717) is 48.8 Å². The van der Waals surface area contributed by atoms with Crippen molar-refractivity contribution in [1.29, 1.82) is 0 Å². The number of hydrogen-bond donors (Lipinski definition) is 1. The highest BCUT2D eigenvalue weighted by Gasteiger charge is 2.50. The molecule has 1 spiro atoms. The van der Waals surface area contributed by atoms with Crippen LogP contribution in [0.4, 0.5) is 19.0 Å². The van der Waals surface area contributed by atoms with Crippen LogP contribution in [-0.2, 0) is 10.9 Å². The number of ether oxygens (including phenoxy) is 1. The first-order valence-corrected chi connectivity index (χ1v) is 10.4. The second-order valence-corrected chi connectivity index (χ2v) is 8.77. The van der Waals surface area contributed by atoms with E-state index >= 15 is 0 Å². The highest BCUT2D eigenvalue weighted by molar-refractivity contribution is 6.28. The molecule has 3 aromatic rings. The molecule has 4 heterocycles. The third-order valence-corrected chi connectivity index (χ3v) is 6.07. The van der Waals surface area contributed by atoms with Gasteiger partial charge in [-0.05, 0) is 42.3 Å². The van der Waals surface area contributed by atoms with Crippen molar-refractivity contribution in [2.75, 3.05) is 31.6 Å². The van der Waals surface area contributed by atoms with E-state index < -0.39 is 17.8 Å². The molecule has 2 aromatic heterocycles. The summed E-state index contributed by atoms with van der Waals surface area (Å²) >= 11 is 6.05. The smallest absolute Gasteiger partial charge is 0.380 e. The Bertz CT molecular complexity index is 1200. The largest absolute Gasteiger partial charge is 0.416 e. The minimum atomic E-state index is -4.43. The van der Waals surface area contributed by atoms with Gasteiger partial charge in [-0.1, -0.05) is 12.1 Å². The van der Waals surface area contributed by atoms with Crippen molar-refractivity contribution in [2.24, 2.45) is 5.41 Å². The Morgan fingerprint density at radius 2 is 2.03 bits per heavy atom. The van der Waals surface area contributed by atoms with Gasteiger partial charge in [-0.15, -0.1) is 5.10 Å². The lowest BCUT2D eigenvalue weighted by atomic mass is 9.78. The van der Waals surface area contributed by atoms with Crippen LogP contribution in [0.25, 0.3) is 5.52 Å². The van der Waals surface area contributed by atoms with Crippen molar-refractivity contribution >= 4 is 28.8 Å². The summed E-state index contributed by atoms with van der Waals surface area (Å²) in [5.74, 6) is 0.197. The van der Waals surface area contributed by atoms with Gasteiger partial charge in [0, 0.05) is 19.3 Å². The quantitative estimate of drug-likeness (QED) is 0.629. The van der Waals surface area contributed by atoms with Crippen LogP contribution in [0.2, 0.25) is 5.28 Å². The Morgan fingerprint density at radius 1 is 1.28 bits per heavy atom. The fourth-order valence-corrected chi connectivity index (χ4v) is 4.30. The Hall–Kier alpha value is -2.85. The Labute approximate surface area is 186 Å². The van der Waals surface area contributed by atoms with E-state index in [4.69, 9.17) is 16.3 Å². The molecule has 1 amide bonds. The summed E-state index contributed by atoms with van der Waals surface area (Å²) in [5, 5.41) is 7.16. The molecule has 0 saturated carbocycles. The third kappa shape index (κ3) is 3.67. The molecule has 2 aliphatic heterocycles. The lowest BCUT2D eigenvalue weighted by Gasteiger charge is -2.54. The summed E-state index contributed by atoms with van der Waals surface area (Å²) in [6.45, 7) is 4.38. The number of anilines is 1. The van der Waals surface area contributed by atoms with Crippen LogP contribution >= 0.6 is 11.6 Å². The number of fused-ring (bicyclic) bond motifs is 1. The van der Waals surface area contributed by atoms with Crippen molar-refractivity contribution in [3.8, 4) is 0 Å². The topological polar surface area (TPSA) is 71.8 Å². The summed E-state index contributed by atoms with van der Waals surface area (Å²) < 4.78 is 45.9. The van der Waals surface area contributed by atoms with Crippen molar-refractivity contribution in [3.63, 3.8) is 0 Å². The number of amides is 1. The maximum atomic E-state index is 13.1. The first-order chi connectivity index (χ1) is 15.1. The average molecular weight is 466 g/mol.